The molecule has 3 heteroatoms. The normalized spacial score (nSPS) is 10.2. The quantitative estimate of drug-likeness (QED) is 0.652. The van der Waals surface area contributed by atoms with Crippen molar-refractivity contribution in [1.82, 2.24) is 0 Å². The minimum atomic E-state index is -0.794. The molecule has 0 saturated heterocycles. The lowest BCUT2D eigenvalue weighted by atomic mass is 10.2. The lowest BCUT2D eigenvalue weighted by molar-refractivity contribution is 0.354. The van der Waals surface area contributed by atoms with Gasteiger partial charge in [0.15, 0.2) is 0 Å². The molecule has 0 atom stereocenters. The minimum absolute atomic E-state index is 0.686. The Kier molecular flexibility index (Phi) is 3.03. The van der Waals surface area contributed by atoms with E-state index in [1.165, 1.54) is 5.56 Å². The van der Waals surface area contributed by atoms with Gasteiger partial charge >= 0.3 is 0 Å². The molecule has 0 saturated carbocycles. The largest absolute Gasteiger partial charge is 0.461 e. The number of hydrogen-bond donors (Lipinski definition) is 0. The molecule has 0 fully saturated rings. The zero-order valence-corrected chi connectivity index (χ0v) is 7.56. The molecule has 0 aliphatic rings. The molecule has 1 nitrogen and oxygen atoms in total. The molecule has 1 rings (SSSR count). The first-order valence-electron chi connectivity index (χ1n) is 3.20. The van der Waals surface area contributed by atoms with Gasteiger partial charge in [-0.2, -0.15) is 0 Å². The Morgan fingerprint density at radius 3 is 2.18 bits per heavy atom. The monoisotopic (exact) mass is 190 g/mol. The maximum Gasteiger partial charge on any atom is 0.247 e. The van der Waals surface area contributed by atoms with Gasteiger partial charge in [0.1, 0.15) is 5.75 Å². The van der Waals surface area contributed by atoms with E-state index in [0.29, 0.717) is 5.75 Å². The number of ether oxygens (including phenoxy) is 1. The van der Waals surface area contributed by atoms with Crippen LogP contribution in [0.5, 0.6) is 5.75 Å². The zero-order chi connectivity index (χ0) is 8.27. The third kappa shape index (κ3) is 3.00. The molecule has 1 aromatic rings. The van der Waals surface area contributed by atoms with Crippen LogP contribution < -0.4 is 4.74 Å². The van der Waals surface area contributed by atoms with Crippen LogP contribution in [0.15, 0.2) is 24.3 Å². The first-order valence-corrected chi connectivity index (χ1v) is 4.07. The Bertz CT molecular complexity index is 218. The van der Waals surface area contributed by atoms with E-state index >= 15 is 0 Å². The SMILES string of the molecule is Cc1ccc(OC(Cl)Cl)cc1. The van der Waals surface area contributed by atoms with Gasteiger partial charge in [-0.05, 0) is 19.1 Å². The second-order valence-electron chi connectivity index (χ2n) is 2.19. The average Bonchev–Trinajstić information content (AvgIpc) is 1.93. The van der Waals surface area contributed by atoms with Gasteiger partial charge in [-0.15, -0.1) is 0 Å². The van der Waals surface area contributed by atoms with Crippen molar-refractivity contribution in [2.45, 2.75) is 11.9 Å². The fraction of sp³-hybridized carbons (Fsp3) is 0.250. The standard InChI is InChI=1S/C8H8Cl2O/c1-6-2-4-7(5-3-6)11-8(9)10/h2-5,8H,1H3. The summed E-state index contributed by atoms with van der Waals surface area (Å²) >= 11 is 10.8. The van der Waals surface area contributed by atoms with Crippen molar-refractivity contribution in [2.24, 2.45) is 0 Å². The van der Waals surface area contributed by atoms with E-state index in [9.17, 15) is 0 Å². The molecule has 0 heterocycles. The number of benzene rings is 1. The lowest BCUT2D eigenvalue weighted by Crippen LogP contribution is -1.98. The van der Waals surface area contributed by atoms with E-state index in [2.05, 4.69) is 0 Å². The van der Waals surface area contributed by atoms with E-state index < -0.39 is 5.02 Å². The third-order valence-corrected chi connectivity index (χ3v) is 1.42. The van der Waals surface area contributed by atoms with Crippen molar-refractivity contribution in [2.75, 3.05) is 0 Å². The molecule has 0 N–H and O–H groups in total. The Labute approximate surface area is 75.9 Å². The highest BCUT2D eigenvalue weighted by Gasteiger charge is 1.98. The Morgan fingerprint density at radius 2 is 1.73 bits per heavy atom. The molecule has 11 heavy (non-hydrogen) atoms. The Balaban J connectivity index is 2.66. The smallest absolute Gasteiger partial charge is 0.247 e. The highest BCUT2D eigenvalue weighted by Crippen LogP contribution is 2.15. The van der Waals surface area contributed by atoms with Gasteiger partial charge in [0.2, 0.25) is 5.02 Å². The summed E-state index contributed by atoms with van der Waals surface area (Å²) in [5.74, 6) is 0.686. The molecule has 1 aromatic carbocycles. The summed E-state index contributed by atoms with van der Waals surface area (Å²) in [5, 5.41) is -0.794. The second-order valence-corrected chi connectivity index (χ2v) is 3.21. The number of hydrogen-bond acceptors (Lipinski definition) is 1. The minimum Gasteiger partial charge on any atom is -0.461 e. The first kappa shape index (κ1) is 8.69. The molecule has 0 radical (unpaired) electrons. The maximum atomic E-state index is 5.40. The van der Waals surface area contributed by atoms with Crippen LogP contribution in [0.2, 0.25) is 0 Å². The molecule has 0 aromatic heterocycles. The summed E-state index contributed by atoms with van der Waals surface area (Å²) in [7, 11) is 0. The second kappa shape index (κ2) is 3.84. The van der Waals surface area contributed by atoms with Gasteiger partial charge in [0.05, 0.1) is 0 Å². The Hall–Kier alpha value is -0.400. The highest BCUT2D eigenvalue weighted by molar-refractivity contribution is 6.43. The molecule has 0 aliphatic heterocycles. The highest BCUT2D eigenvalue weighted by atomic mass is 35.5. The van der Waals surface area contributed by atoms with E-state index in [1.807, 2.05) is 31.2 Å². The van der Waals surface area contributed by atoms with Gasteiger partial charge in [0.25, 0.3) is 0 Å². The first-order chi connectivity index (χ1) is 5.18. The number of halogens is 2. The summed E-state index contributed by atoms with van der Waals surface area (Å²) in [5.41, 5.74) is 1.18. The summed E-state index contributed by atoms with van der Waals surface area (Å²) < 4.78 is 5.00. The number of aryl methyl sites for hydroxylation is 1. The van der Waals surface area contributed by atoms with Crippen LogP contribution in [-0.2, 0) is 0 Å². The molecule has 60 valence electrons. The number of rotatable bonds is 2. The zero-order valence-electron chi connectivity index (χ0n) is 6.05. The van der Waals surface area contributed by atoms with Gasteiger partial charge in [0, 0.05) is 0 Å². The molecular weight excluding hydrogens is 183 g/mol. The topological polar surface area (TPSA) is 9.23 Å². The molecular formula is C8H8Cl2O. The van der Waals surface area contributed by atoms with Gasteiger partial charge in [-0.25, -0.2) is 0 Å². The number of alkyl halides is 2. The Morgan fingerprint density at radius 1 is 1.18 bits per heavy atom. The van der Waals surface area contributed by atoms with Crippen molar-refractivity contribution in [1.29, 1.82) is 0 Å². The van der Waals surface area contributed by atoms with E-state index in [0.717, 1.165) is 0 Å². The fourth-order valence-electron chi connectivity index (χ4n) is 0.720. The summed E-state index contributed by atoms with van der Waals surface area (Å²) in [6.07, 6.45) is 0. The van der Waals surface area contributed by atoms with Crippen LogP contribution in [-0.4, -0.2) is 5.02 Å². The van der Waals surface area contributed by atoms with Crippen LogP contribution in [0, 0.1) is 6.92 Å². The third-order valence-electron chi connectivity index (χ3n) is 1.25. The van der Waals surface area contributed by atoms with Crippen LogP contribution >= 0.6 is 23.2 Å². The molecule has 0 bridgehead atoms. The fourth-order valence-corrected chi connectivity index (χ4v) is 0.925. The van der Waals surface area contributed by atoms with Crippen molar-refractivity contribution in [3.05, 3.63) is 29.8 Å². The van der Waals surface area contributed by atoms with E-state index in [4.69, 9.17) is 27.9 Å². The lowest BCUT2D eigenvalue weighted by Gasteiger charge is -2.05. The van der Waals surface area contributed by atoms with Crippen molar-refractivity contribution in [3.8, 4) is 5.75 Å². The predicted molar refractivity (Wildman–Crippen MR) is 47.3 cm³/mol. The van der Waals surface area contributed by atoms with Crippen molar-refractivity contribution in [3.63, 3.8) is 0 Å². The van der Waals surface area contributed by atoms with Crippen molar-refractivity contribution < 1.29 is 4.74 Å². The molecule has 0 spiro atoms. The summed E-state index contributed by atoms with van der Waals surface area (Å²) in [6.45, 7) is 2.00. The van der Waals surface area contributed by atoms with Crippen molar-refractivity contribution >= 4 is 23.2 Å². The molecule has 0 aliphatic carbocycles. The van der Waals surface area contributed by atoms with Crippen LogP contribution in [0.1, 0.15) is 5.56 Å². The van der Waals surface area contributed by atoms with Crippen LogP contribution in [0.3, 0.4) is 0 Å². The molecule has 0 amide bonds. The summed E-state index contributed by atoms with van der Waals surface area (Å²) in [4.78, 5) is 0. The van der Waals surface area contributed by atoms with Crippen LogP contribution in [0.25, 0.3) is 0 Å². The van der Waals surface area contributed by atoms with Gasteiger partial charge in [-0.3, -0.25) is 0 Å². The van der Waals surface area contributed by atoms with Gasteiger partial charge in [-0.1, -0.05) is 40.9 Å². The van der Waals surface area contributed by atoms with Crippen LogP contribution in [0.4, 0.5) is 0 Å². The average molecular weight is 191 g/mol. The maximum absolute atomic E-state index is 5.40. The van der Waals surface area contributed by atoms with E-state index in [1.54, 1.807) is 0 Å². The predicted octanol–water partition coefficient (Wildman–Crippen LogP) is 3.14. The molecule has 0 unspecified atom stereocenters. The van der Waals surface area contributed by atoms with Gasteiger partial charge < -0.3 is 4.74 Å². The summed E-state index contributed by atoms with van der Waals surface area (Å²) in [6, 6.07) is 7.52. The van der Waals surface area contributed by atoms with E-state index in [-0.39, 0.29) is 0 Å².